The van der Waals surface area contributed by atoms with E-state index in [2.05, 4.69) is 57.0 Å². The number of ether oxygens (including phenoxy) is 1. The molecule has 1 aliphatic heterocycles. The molecule has 0 spiro atoms. The average Bonchev–Trinajstić information content (AvgIpc) is 3.54. The maximum atomic E-state index is 13.4. The Kier molecular flexibility index (Phi) is 8.49. The Balaban J connectivity index is 1.52. The number of aryl methyl sites for hydroxylation is 1. The number of carbonyl (C=O) groups is 2. The number of carbonyl (C=O) groups excluding carboxylic acids is 2. The van der Waals surface area contributed by atoms with Gasteiger partial charge in [-0.15, -0.1) is 10.2 Å². The zero-order valence-electron chi connectivity index (χ0n) is 21.4. The van der Waals surface area contributed by atoms with Gasteiger partial charge in [-0.3, -0.25) is 14.5 Å². The first-order chi connectivity index (χ1) is 19.4. The average molecular weight is 635 g/mol. The quantitative estimate of drug-likeness (QED) is 0.0525. The van der Waals surface area contributed by atoms with E-state index in [1.807, 2.05) is 6.92 Å². The number of halogens is 1. The van der Waals surface area contributed by atoms with E-state index in [0.29, 0.717) is 33.6 Å². The number of aromatic nitrogens is 2. The molecule has 1 amide bonds. The van der Waals surface area contributed by atoms with E-state index in [0.717, 1.165) is 10.0 Å². The van der Waals surface area contributed by atoms with Crippen LogP contribution in [-0.2, 0) is 15.3 Å². The first kappa shape index (κ1) is 27.8. The summed E-state index contributed by atoms with van der Waals surface area (Å²) in [7, 11) is 0. The van der Waals surface area contributed by atoms with Gasteiger partial charge < -0.3 is 9.84 Å². The Morgan fingerprint density at radius 2 is 1.77 bits per heavy atom. The Bertz CT molecular complexity index is 1580. The third-order valence-electron chi connectivity index (χ3n) is 6.21. The minimum absolute atomic E-state index is 0.0175. The maximum Gasteiger partial charge on any atom is 0.301 e. The lowest BCUT2D eigenvalue weighted by atomic mass is 9.95. The first-order valence-electron chi connectivity index (χ1n) is 12.3. The molecule has 0 saturated carbocycles. The fourth-order valence-electron chi connectivity index (χ4n) is 4.20. The van der Waals surface area contributed by atoms with Crippen molar-refractivity contribution in [2.45, 2.75) is 23.1 Å². The van der Waals surface area contributed by atoms with E-state index in [9.17, 15) is 14.7 Å². The maximum absolute atomic E-state index is 13.4. The SMILES string of the molecule is C=CCOc1ccc(C2/C(=C(/O)c3ccc(Br)cc3)C(=O)C(=O)N2c2nnc(SCc3ccc(C)cc3)s2)cc1. The summed E-state index contributed by atoms with van der Waals surface area (Å²) >= 11 is 6.12. The van der Waals surface area contributed by atoms with Crippen molar-refractivity contribution in [1.82, 2.24) is 10.2 Å². The first-order valence-corrected chi connectivity index (χ1v) is 14.9. The minimum atomic E-state index is -0.903. The molecule has 5 rings (SSSR count). The number of nitrogens with zero attached hydrogens (tertiary/aromatic N) is 3. The molecule has 1 unspecified atom stereocenters. The molecule has 1 aliphatic rings. The van der Waals surface area contributed by atoms with Crippen LogP contribution in [0, 0.1) is 6.92 Å². The lowest BCUT2D eigenvalue weighted by Gasteiger charge is -2.22. The number of aliphatic hydroxyl groups excluding tert-OH is 1. The molecule has 10 heteroatoms. The largest absolute Gasteiger partial charge is 0.507 e. The number of thioether (sulfide) groups is 1. The molecule has 0 aliphatic carbocycles. The van der Waals surface area contributed by atoms with Gasteiger partial charge in [0.25, 0.3) is 5.78 Å². The fraction of sp³-hybridized carbons (Fsp3) is 0.133. The Hall–Kier alpha value is -3.73. The highest BCUT2D eigenvalue weighted by molar-refractivity contribution is 9.10. The van der Waals surface area contributed by atoms with Crippen LogP contribution >= 0.6 is 39.0 Å². The second kappa shape index (κ2) is 12.2. The molecule has 0 bridgehead atoms. The van der Waals surface area contributed by atoms with E-state index < -0.39 is 17.7 Å². The van der Waals surface area contributed by atoms with E-state index >= 15 is 0 Å². The van der Waals surface area contributed by atoms with Crippen LogP contribution in [0.4, 0.5) is 5.13 Å². The van der Waals surface area contributed by atoms with Crippen LogP contribution in [0.15, 0.2) is 99.8 Å². The van der Waals surface area contributed by atoms with Gasteiger partial charge in [-0.2, -0.15) is 0 Å². The standard InChI is InChI=1S/C30H24BrN3O4S2/c1-3-16-38-23-14-10-20(11-15-23)25-24(26(35)21-8-12-22(31)13-9-21)27(36)28(37)34(25)29-32-33-30(40-29)39-17-19-6-4-18(2)5-7-19/h3-15,25,35H,1,16-17H2,2H3/b26-24-. The van der Waals surface area contributed by atoms with E-state index in [4.69, 9.17) is 4.74 Å². The molecule has 1 aromatic heterocycles. The lowest BCUT2D eigenvalue weighted by Crippen LogP contribution is -2.29. The number of benzene rings is 3. The van der Waals surface area contributed by atoms with Gasteiger partial charge in [0.1, 0.15) is 18.1 Å². The number of aliphatic hydroxyl groups is 1. The van der Waals surface area contributed by atoms with Crippen molar-refractivity contribution in [3.63, 3.8) is 0 Å². The van der Waals surface area contributed by atoms with Crippen LogP contribution in [0.3, 0.4) is 0 Å². The van der Waals surface area contributed by atoms with Crippen molar-refractivity contribution >= 4 is 61.6 Å². The van der Waals surface area contributed by atoms with Gasteiger partial charge in [0.05, 0.1) is 11.6 Å². The highest BCUT2D eigenvalue weighted by Gasteiger charge is 2.48. The molecule has 40 heavy (non-hydrogen) atoms. The summed E-state index contributed by atoms with van der Waals surface area (Å²) in [5, 5.41) is 20.1. The number of amides is 1. The minimum Gasteiger partial charge on any atom is -0.507 e. The molecule has 1 saturated heterocycles. The molecule has 3 aromatic carbocycles. The number of hydrogen-bond acceptors (Lipinski definition) is 8. The van der Waals surface area contributed by atoms with E-state index in [1.165, 1.54) is 33.6 Å². The van der Waals surface area contributed by atoms with Gasteiger partial charge >= 0.3 is 5.91 Å². The predicted octanol–water partition coefficient (Wildman–Crippen LogP) is 7.09. The summed E-state index contributed by atoms with van der Waals surface area (Å²) in [4.78, 5) is 28.2. The summed E-state index contributed by atoms with van der Waals surface area (Å²) in [5.74, 6) is -0.529. The van der Waals surface area contributed by atoms with Gasteiger partial charge in [-0.1, -0.05) is 106 Å². The third-order valence-corrected chi connectivity index (χ3v) is 8.87. The van der Waals surface area contributed by atoms with Crippen LogP contribution in [0.25, 0.3) is 5.76 Å². The topological polar surface area (TPSA) is 92.6 Å². The predicted molar refractivity (Wildman–Crippen MR) is 162 cm³/mol. The van der Waals surface area contributed by atoms with Gasteiger partial charge in [0.2, 0.25) is 5.13 Å². The smallest absolute Gasteiger partial charge is 0.301 e. The summed E-state index contributed by atoms with van der Waals surface area (Å²) in [6.07, 6.45) is 1.64. The van der Waals surface area contributed by atoms with Gasteiger partial charge in [0.15, 0.2) is 4.34 Å². The third kappa shape index (κ3) is 5.89. The second-order valence-electron chi connectivity index (χ2n) is 8.97. The molecular weight excluding hydrogens is 610 g/mol. The number of anilines is 1. The Morgan fingerprint density at radius 1 is 1.07 bits per heavy atom. The summed E-state index contributed by atoms with van der Waals surface area (Å²) in [6, 6.07) is 21.3. The lowest BCUT2D eigenvalue weighted by molar-refractivity contribution is -0.132. The summed E-state index contributed by atoms with van der Waals surface area (Å²) < 4.78 is 7.08. The summed E-state index contributed by atoms with van der Waals surface area (Å²) in [5.41, 5.74) is 3.35. The van der Waals surface area contributed by atoms with Crippen LogP contribution in [-0.4, -0.2) is 33.6 Å². The van der Waals surface area contributed by atoms with E-state index in [1.54, 1.807) is 54.6 Å². The number of rotatable bonds is 9. The molecule has 2 heterocycles. The summed E-state index contributed by atoms with van der Waals surface area (Å²) in [6.45, 7) is 6.04. The van der Waals surface area contributed by atoms with Crippen molar-refractivity contribution in [2.24, 2.45) is 0 Å². The van der Waals surface area contributed by atoms with Crippen LogP contribution in [0.5, 0.6) is 5.75 Å². The van der Waals surface area contributed by atoms with Crippen molar-refractivity contribution < 1.29 is 19.4 Å². The highest BCUT2D eigenvalue weighted by Crippen LogP contribution is 2.44. The molecule has 0 radical (unpaired) electrons. The molecule has 1 fully saturated rings. The Labute approximate surface area is 248 Å². The molecule has 1 atom stereocenters. The molecule has 1 N–H and O–H groups in total. The fourth-order valence-corrected chi connectivity index (χ4v) is 6.29. The number of hydrogen-bond donors (Lipinski definition) is 1. The molecule has 202 valence electrons. The van der Waals surface area contributed by atoms with Gasteiger partial charge in [-0.05, 0) is 42.3 Å². The van der Waals surface area contributed by atoms with Crippen LogP contribution in [0.2, 0.25) is 0 Å². The van der Waals surface area contributed by atoms with Crippen LogP contribution in [0.1, 0.15) is 28.3 Å². The molecular formula is C30H24BrN3O4S2. The zero-order chi connectivity index (χ0) is 28.2. The monoisotopic (exact) mass is 633 g/mol. The van der Waals surface area contributed by atoms with Crippen molar-refractivity contribution in [1.29, 1.82) is 0 Å². The molecule has 4 aromatic rings. The number of ketones is 1. The normalized spacial score (nSPS) is 16.4. The molecule has 7 nitrogen and oxygen atoms in total. The van der Waals surface area contributed by atoms with Crippen molar-refractivity contribution in [3.8, 4) is 5.75 Å². The van der Waals surface area contributed by atoms with Crippen LogP contribution < -0.4 is 9.64 Å². The Morgan fingerprint density at radius 3 is 2.45 bits per heavy atom. The number of Topliss-reactive ketones (excluding diaryl/α,β-unsaturated/α-hetero) is 1. The van der Waals surface area contributed by atoms with Crippen molar-refractivity contribution in [2.75, 3.05) is 11.5 Å². The highest BCUT2D eigenvalue weighted by atomic mass is 79.9. The van der Waals surface area contributed by atoms with Gasteiger partial charge in [0, 0.05) is 15.8 Å². The second-order valence-corrected chi connectivity index (χ2v) is 12.1. The van der Waals surface area contributed by atoms with E-state index in [-0.39, 0.29) is 16.5 Å². The van der Waals surface area contributed by atoms with Crippen molar-refractivity contribution in [3.05, 3.63) is 118 Å². The zero-order valence-corrected chi connectivity index (χ0v) is 24.6. The van der Waals surface area contributed by atoms with Gasteiger partial charge in [-0.25, -0.2) is 0 Å².